The summed E-state index contributed by atoms with van der Waals surface area (Å²) in [6.07, 6.45) is 0. The third-order valence-electron chi connectivity index (χ3n) is 4.42. The molecule has 4 N–H and O–H groups in total. The van der Waals surface area contributed by atoms with Crippen LogP contribution in [0.2, 0.25) is 0 Å². The molecule has 7 heteroatoms. The van der Waals surface area contributed by atoms with Gasteiger partial charge in [-0.3, -0.25) is 4.79 Å². The number of phenolic OH excluding ortho intramolecular Hbond substituents is 2. The zero-order chi connectivity index (χ0) is 19.8. The first kappa shape index (κ1) is 17.8. The second-order valence-corrected chi connectivity index (χ2v) is 7.15. The van der Waals surface area contributed by atoms with E-state index in [9.17, 15) is 15.0 Å². The number of hydrogen-bond donors (Lipinski definition) is 3. The first-order valence-electron chi connectivity index (χ1n) is 8.38. The van der Waals surface area contributed by atoms with Gasteiger partial charge in [0, 0.05) is 16.5 Å². The monoisotopic (exact) mass is 392 g/mol. The van der Waals surface area contributed by atoms with Crippen molar-refractivity contribution in [2.24, 2.45) is 0 Å². The Labute approximate surface area is 164 Å². The number of thiophene rings is 1. The molecule has 0 radical (unpaired) electrons. The van der Waals surface area contributed by atoms with E-state index in [1.807, 2.05) is 36.4 Å². The van der Waals surface area contributed by atoms with E-state index >= 15 is 0 Å². The van der Waals surface area contributed by atoms with E-state index in [1.165, 1.54) is 29.5 Å². The van der Waals surface area contributed by atoms with E-state index in [0.29, 0.717) is 20.8 Å². The zero-order valence-electron chi connectivity index (χ0n) is 14.8. The van der Waals surface area contributed by atoms with Gasteiger partial charge in [0.05, 0.1) is 18.5 Å². The number of rotatable bonds is 4. The first-order valence-corrected chi connectivity index (χ1v) is 9.19. The van der Waals surface area contributed by atoms with Crippen LogP contribution < -0.4 is 10.5 Å². The van der Waals surface area contributed by atoms with Crippen molar-refractivity contribution >= 4 is 33.0 Å². The average molecular weight is 392 g/mol. The van der Waals surface area contributed by atoms with Crippen LogP contribution in [0.15, 0.2) is 54.6 Å². The maximum atomic E-state index is 12.8. The maximum absolute atomic E-state index is 12.8. The van der Waals surface area contributed by atoms with Crippen LogP contribution >= 0.6 is 11.3 Å². The highest BCUT2D eigenvalue weighted by Crippen LogP contribution is 2.36. The topological polar surface area (TPSA) is 106 Å². The Hall–Kier alpha value is -3.58. The molecule has 0 atom stereocenters. The Kier molecular flexibility index (Phi) is 4.37. The quantitative estimate of drug-likeness (QED) is 0.355. The van der Waals surface area contributed by atoms with Crippen LogP contribution in [0, 0.1) is 0 Å². The number of carbonyl (C=O) groups is 1. The van der Waals surface area contributed by atoms with Gasteiger partial charge < -0.3 is 20.7 Å². The fourth-order valence-corrected chi connectivity index (χ4v) is 3.94. The number of aromatic nitrogens is 1. The number of hydrogen-bond acceptors (Lipinski definition) is 7. The number of anilines is 1. The van der Waals surface area contributed by atoms with Crippen molar-refractivity contribution in [1.82, 2.24) is 4.98 Å². The van der Waals surface area contributed by atoms with Crippen LogP contribution in [-0.2, 0) is 0 Å². The minimum absolute atomic E-state index is 0.240. The van der Waals surface area contributed by atoms with Crippen molar-refractivity contribution < 1.29 is 19.7 Å². The smallest absolute Gasteiger partial charge is 0.205 e. The van der Waals surface area contributed by atoms with Crippen LogP contribution in [0.4, 0.5) is 5.69 Å². The molecular weight excluding hydrogens is 376 g/mol. The summed E-state index contributed by atoms with van der Waals surface area (Å²) in [6, 6.07) is 15.2. The maximum Gasteiger partial charge on any atom is 0.205 e. The van der Waals surface area contributed by atoms with E-state index in [0.717, 1.165) is 17.0 Å². The predicted molar refractivity (Wildman–Crippen MR) is 109 cm³/mol. The lowest BCUT2D eigenvalue weighted by Gasteiger charge is -2.03. The SMILES string of the molecule is COc1ccc(-c2ccc3c(N)c(C(=O)c4ccc(O)c(O)c4)sc3n2)cc1. The standard InChI is InChI=1S/C21H16N2O4S/c1-27-13-5-2-11(3-6-13)15-8-7-14-18(22)20(28-21(14)23-15)19(26)12-4-9-16(24)17(25)10-12/h2-10,24-25H,22H2,1H3. The van der Waals surface area contributed by atoms with Crippen molar-refractivity contribution in [3.63, 3.8) is 0 Å². The van der Waals surface area contributed by atoms with Gasteiger partial charge in [-0.2, -0.15) is 0 Å². The molecule has 4 aromatic rings. The number of ether oxygens (including phenoxy) is 1. The van der Waals surface area contributed by atoms with Crippen molar-refractivity contribution in [2.75, 3.05) is 12.8 Å². The number of phenols is 2. The van der Waals surface area contributed by atoms with Gasteiger partial charge in [0.2, 0.25) is 5.78 Å². The molecule has 0 fully saturated rings. The van der Waals surface area contributed by atoms with Crippen LogP contribution in [-0.4, -0.2) is 28.1 Å². The number of benzene rings is 2. The number of ketones is 1. The summed E-state index contributed by atoms with van der Waals surface area (Å²) >= 11 is 1.20. The third-order valence-corrected chi connectivity index (χ3v) is 5.54. The fourth-order valence-electron chi connectivity index (χ4n) is 2.88. The van der Waals surface area contributed by atoms with E-state index in [4.69, 9.17) is 10.5 Å². The Morgan fingerprint density at radius 2 is 1.79 bits per heavy atom. The molecule has 0 bridgehead atoms. The van der Waals surface area contributed by atoms with Crippen LogP contribution in [0.25, 0.3) is 21.5 Å². The molecule has 28 heavy (non-hydrogen) atoms. The molecule has 0 aliphatic rings. The van der Waals surface area contributed by atoms with Crippen molar-refractivity contribution in [2.45, 2.75) is 0 Å². The van der Waals surface area contributed by atoms with Gasteiger partial charge in [0.15, 0.2) is 11.5 Å². The highest BCUT2D eigenvalue weighted by molar-refractivity contribution is 7.21. The number of pyridine rings is 1. The van der Waals surface area contributed by atoms with Crippen LogP contribution in [0.3, 0.4) is 0 Å². The highest BCUT2D eigenvalue weighted by Gasteiger charge is 2.20. The Morgan fingerprint density at radius 1 is 1.04 bits per heavy atom. The van der Waals surface area contributed by atoms with Gasteiger partial charge in [-0.25, -0.2) is 4.98 Å². The first-order chi connectivity index (χ1) is 13.5. The molecule has 2 aromatic carbocycles. The van der Waals surface area contributed by atoms with E-state index < -0.39 is 0 Å². The van der Waals surface area contributed by atoms with Crippen molar-refractivity contribution in [3.8, 4) is 28.5 Å². The summed E-state index contributed by atoms with van der Waals surface area (Å²) in [7, 11) is 1.61. The lowest BCUT2D eigenvalue weighted by atomic mass is 10.1. The summed E-state index contributed by atoms with van der Waals surface area (Å²) in [5, 5.41) is 19.8. The van der Waals surface area contributed by atoms with Crippen LogP contribution in [0.1, 0.15) is 15.2 Å². The molecule has 4 rings (SSSR count). The Balaban J connectivity index is 1.75. The number of nitrogens with zero attached hydrogens (tertiary/aromatic N) is 1. The normalized spacial score (nSPS) is 10.9. The van der Waals surface area contributed by atoms with Gasteiger partial charge in [-0.15, -0.1) is 11.3 Å². The number of nitrogen functional groups attached to an aromatic ring is 1. The second-order valence-electron chi connectivity index (χ2n) is 6.16. The molecule has 0 amide bonds. The molecule has 2 aromatic heterocycles. The minimum atomic E-state index is -0.356. The molecule has 2 heterocycles. The molecule has 0 spiro atoms. The van der Waals surface area contributed by atoms with Crippen LogP contribution in [0.5, 0.6) is 17.2 Å². The van der Waals surface area contributed by atoms with Gasteiger partial charge >= 0.3 is 0 Å². The zero-order valence-corrected chi connectivity index (χ0v) is 15.7. The minimum Gasteiger partial charge on any atom is -0.504 e. The number of fused-ring (bicyclic) bond motifs is 1. The van der Waals surface area contributed by atoms with E-state index in [1.54, 1.807) is 7.11 Å². The number of aromatic hydroxyl groups is 2. The molecule has 6 nitrogen and oxygen atoms in total. The molecular formula is C21H16N2O4S. The summed E-state index contributed by atoms with van der Waals surface area (Å²) < 4.78 is 5.17. The Morgan fingerprint density at radius 3 is 2.46 bits per heavy atom. The molecule has 140 valence electrons. The van der Waals surface area contributed by atoms with Crippen molar-refractivity contribution in [1.29, 1.82) is 0 Å². The van der Waals surface area contributed by atoms with Crippen molar-refractivity contribution in [3.05, 3.63) is 65.0 Å². The summed E-state index contributed by atoms with van der Waals surface area (Å²) in [5.74, 6) is -0.214. The third kappa shape index (κ3) is 3.01. The lowest BCUT2D eigenvalue weighted by molar-refractivity contribution is 0.104. The second kappa shape index (κ2) is 6.86. The summed E-state index contributed by atoms with van der Waals surface area (Å²) in [5.41, 5.74) is 8.47. The largest absolute Gasteiger partial charge is 0.504 e. The molecule has 0 aliphatic carbocycles. The Bertz CT molecular complexity index is 1200. The number of methoxy groups -OCH3 is 1. The van der Waals surface area contributed by atoms with Gasteiger partial charge in [0.25, 0.3) is 0 Å². The van der Waals surface area contributed by atoms with E-state index in [-0.39, 0.29) is 22.8 Å². The molecule has 0 saturated heterocycles. The molecule has 0 unspecified atom stereocenters. The van der Waals surface area contributed by atoms with E-state index in [2.05, 4.69) is 4.98 Å². The van der Waals surface area contributed by atoms with Gasteiger partial charge in [-0.1, -0.05) is 0 Å². The number of nitrogens with two attached hydrogens (primary N) is 1. The average Bonchev–Trinajstić information content (AvgIpc) is 3.05. The lowest BCUT2D eigenvalue weighted by Crippen LogP contribution is -2.01. The predicted octanol–water partition coefficient (Wildman–Crippen LogP) is 4.20. The number of carbonyl (C=O) groups excluding carboxylic acids is 1. The molecule has 0 saturated carbocycles. The fraction of sp³-hybridized carbons (Fsp3) is 0.0476. The van der Waals surface area contributed by atoms with Gasteiger partial charge in [0.1, 0.15) is 15.5 Å². The van der Waals surface area contributed by atoms with Gasteiger partial charge in [-0.05, 0) is 54.6 Å². The summed E-state index contributed by atoms with van der Waals surface area (Å²) in [6.45, 7) is 0. The summed E-state index contributed by atoms with van der Waals surface area (Å²) in [4.78, 5) is 18.5. The molecule has 0 aliphatic heterocycles. The highest BCUT2D eigenvalue weighted by atomic mass is 32.1.